The monoisotopic (exact) mass is 309 g/mol. The molecule has 0 saturated heterocycles. The molecule has 0 fully saturated rings. The molecule has 1 nitrogen and oxygen atoms in total. The predicted octanol–water partition coefficient (Wildman–Crippen LogP) is 6.44. The highest BCUT2D eigenvalue weighted by Gasteiger charge is 2.11. The van der Waals surface area contributed by atoms with E-state index >= 15 is 0 Å². The molecule has 120 valence electrons. The Kier molecular flexibility index (Phi) is 9.78. The van der Waals surface area contributed by atoms with Gasteiger partial charge in [-0.25, -0.2) is 0 Å². The van der Waals surface area contributed by atoms with Crippen molar-refractivity contribution in [3.05, 3.63) is 34.3 Å². The lowest BCUT2D eigenvalue weighted by Crippen LogP contribution is -2.22. The first kappa shape index (κ1) is 18.5. The number of hydrogen-bond donors (Lipinski definition) is 1. The van der Waals surface area contributed by atoms with Gasteiger partial charge in [0.15, 0.2) is 0 Å². The van der Waals surface area contributed by atoms with Crippen LogP contribution in [0, 0.1) is 6.92 Å². The Morgan fingerprint density at radius 3 is 2.38 bits per heavy atom. The van der Waals surface area contributed by atoms with Crippen LogP contribution in [0.4, 0.5) is 0 Å². The summed E-state index contributed by atoms with van der Waals surface area (Å²) in [6.45, 7) is 7.63. The van der Waals surface area contributed by atoms with Crippen LogP contribution in [0.15, 0.2) is 18.2 Å². The van der Waals surface area contributed by atoms with Gasteiger partial charge in [-0.15, -0.1) is 0 Å². The minimum Gasteiger partial charge on any atom is -0.310 e. The Bertz CT molecular complexity index is 389. The van der Waals surface area contributed by atoms with Gasteiger partial charge in [0.25, 0.3) is 0 Å². The molecule has 0 bridgehead atoms. The second-order valence-corrected chi connectivity index (χ2v) is 6.48. The van der Waals surface area contributed by atoms with Gasteiger partial charge in [-0.1, -0.05) is 76.1 Å². The highest BCUT2D eigenvalue weighted by Crippen LogP contribution is 2.25. The van der Waals surface area contributed by atoms with Crippen LogP contribution in [-0.2, 0) is 0 Å². The average molecular weight is 310 g/mol. The Morgan fingerprint density at radius 1 is 1.00 bits per heavy atom. The Labute approximate surface area is 136 Å². The fraction of sp³-hybridized carbons (Fsp3) is 0.684. The molecule has 0 radical (unpaired) electrons. The highest BCUT2D eigenvalue weighted by molar-refractivity contribution is 6.31. The largest absolute Gasteiger partial charge is 0.310 e. The van der Waals surface area contributed by atoms with Gasteiger partial charge in [-0.2, -0.15) is 0 Å². The molecule has 0 aliphatic rings. The first-order valence-corrected chi connectivity index (χ1v) is 9.06. The summed E-state index contributed by atoms with van der Waals surface area (Å²) in [6, 6.07) is 6.96. The molecular formula is C19H32ClN. The number of halogens is 1. The Hall–Kier alpha value is -0.530. The number of aryl methyl sites for hydroxylation is 1. The average Bonchev–Trinajstić information content (AvgIpc) is 2.49. The fourth-order valence-electron chi connectivity index (χ4n) is 2.66. The number of rotatable bonds is 11. The van der Waals surface area contributed by atoms with Crippen LogP contribution in [0.1, 0.15) is 82.4 Å². The summed E-state index contributed by atoms with van der Waals surface area (Å²) in [6.07, 6.45) is 10.5. The van der Waals surface area contributed by atoms with E-state index < -0.39 is 0 Å². The molecule has 21 heavy (non-hydrogen) atoms. The van der Waals surface area contributed by atoms with Crippen LogP contribution >= 0.6 is 11.6 Å². The van der Waals surface area contributed by atoms with Crippen LogP contribution in [0.25, 0.3) is 0 Å². The van der Waals surface area contributed by atoms with E-state index in [-0.39, 0.29) is 0 Å². The number of benzene rings is 1. The number of hydrogen-bond acceptors (Lipinski definition) is 1. The van der Waals surface area contributed by atoms with Crippen LogP contribution in [0.3, 0.4) is 0 Å². The van der Waals surface area contributed by atoms with E-state index in [1.54, 1.807) is 0 Å². The van der Waals surface area contributed by atoms with Gasteiger partial charge < -0.3 is 5.32 Å². The Balaban J connectivity index is 2.48. The van der Waals surface area contributed by atoms with Crippen LogP contribution in [-0.4, -0.2) is 6.54 Å². The van der Waals surface area contributed by atoms with E-state index in [1.165, 1.54) is 56.9 Å². The summed E-state index contributed by atoms with van der Waals surface area (Å²) in [5.74, 6) is 0. The lowest BCUT2D eigenvalue weighted by molar-refractivity contribution is 0.466. The molecule has 0 amide bonds. The first-order valence-electron chi connectivity index (χ1n) is 8.68. The second kappa shape index (κ2) is 11.1. The van der Waals surface area contributed by atoms with Crippen molar-refractivity contribution in [2.75, 3.05) is 6.54 Å². The van der Waals surface area contributed by atoms with Crippen molar-refractivity contribution < 1.29 is 0 Å². The highest BCUT2D eigenvalue weighted by atomic mass is 35.5. The molecule has 0 saturated carbocycles. The standard InChI is InChI=1S/C19H32ClN/c1-4-6-7-8-9-10-11-19(21-14-5-2)17-13-12-16(3)18(20)15-17/h12-13,15,19,21H,4-11,14H2,1-3H3. The third kappa shape index (κ3) is 7.33. The smallest absolute Gasteiger partial charge is 0.0438 e. The summed E-state index contributed by atoms with van der Waals surface area (Å²) >= 11 is 6.28. The molecular weight excluding hydrogens is 278 g/mol. The minimum atomic E-state index is 0.453. The number of unbranched alkanes of at least 4 members (excludes halogenated alkanes) is 5. The van der Waals surface area contributed by atoms with Gasteiger partial charge in [0.2, 0.25) is 0 Å². The summed E-state index contributed by atoms with van der Waals surface area (Å²) in [4.78, 5) is 0. The Morgan fingerprint density at radius 2 is 1.71 bits per heavy atom. The molecule has 1 unspecified atom stereocenters. The van der Waals surface area contributed by atoms with Crippen molar-refractivity contribution in [2.45, 2.75) is 78.2 Å². The van der Waals surface area contributed by atoms with Gasteiger partial charge in [0, 0.05) is 11.1 Å². The lowest BCUT2D eigenvalue weighted by atomic mass is 9.98. The van der Waals surface area contributed by atoms with E-state index in [2.05, 4.69) is 44.3 Å². The van der Waals surface area contributed by atoms with E-state index in [4.69, 9.17) is 11.6 Å². The van der Waals surface area contributed by atoms with E-state index in [1.807, 2.05) is 0 Å². The molecule has 0 spiro atoms. The van der Waals surface area contributed by atoms with Gasteiger partial charge in [0.1, 0.15) is 0 Å². The van der Waals surface area contributed by atoms with Crippen LogP contribution in [0.5, 0.6) is 0 Å². The third-order valence-electron chi connectivity index (χ3n) is 4.09. The number of nitrogens with one attached hydrogen (secondary N) is 1. The normalized spacial score (nSPS) is 12.6. The maximum absolute atomic E-state index is 6.28. The fourth-order valence-corrected chi connectivity index (χ4v) is 2.85. The third-order valence-corrected chi connectivity index (χ3v) is 4.49. The van der Waals surface area contributed by atoms with Gasteiger partial charge in [-0.3, -0.25) is 0 Å². The van der Waals surface area contributed by atoms with Crippen LogP contribution in [0.2, 0.25) is 5.02 Å². The molecule has 0 aromatic heterocycles. The SMILES string of the molecule is CCCCCCCCC(NCCC)c1ccc(C)c(Cl)c1. The van der Waals surface area contributed by atoms with Gasteiger partial charge in [-0.05, 0) is 43.5 Å². The summed E-state index contributed by atoms with van der Waals surface area (Å²) in [5, 5.41) is 4.56. The second-order valence-electron chi connectivity index (χ2n) is 6.07. The quantitative estimate of drug-likeness (QED) is 0.464. The maximum atomic E-state index is 6.28. The molecule has 1 atom stereocenters. The summed E-state index contributed by atoms with van der Waals surface area (Å²) in [7, 11) is 0. The van der Waals surface area contributed by atoms with Crippen molar-refractivity contribution in [1.29, 1.82) is 0 Å². The maximum Gasteiger partial charge on any atom is 0.0438 e. The van der Waals surface area contributed by atoms with Crippen LogP contribution < -0.4 is 5.32 Å². The van der Waals surface area contributed by atoms with Gasteiger partial charge >= 0.3 is 0 Å². The van der Waals surface area contributed by atoms with Gasteiger partial charge in [0.05, 0.1) is 0 Å². The minimum absolute atomic E-state index is 0.453. The zero-order valence-electron chi connectivity index (χ0n) is 14.1. The van der Waals surface area contributed by atoms with E-state index in [0.717, 1.165) is 17.1 Å². The van der Waals surface area contributed by atoms with Crippen molar-refractivity contribution in [1.82, 2.24) is 5.32 Å². The van der Waals surface area contributed by atoms with E-state index in [9.17, 15) is 0 Å². The lowest BCUT2D eigenvalue weighted by Gasteiger charge is -2.20. The molecule has 0 aliphatic carbocycles. The summed E-state index contributed by atoms with van der Waals surface area (Å²) < 4.78 is 0. The van der Waals surface area contributed by atoms with Crippen molar-refractivity contribution in [2.24, 2.45) is 0 Å². The summed E-state index contributed by atoms with van der Waals surface area (Å²) in [5.41, 5.74) is 2.50. The first-order chi connectivity index (χ1) is 10.2. The van der Waals surface area contributed by atoms with Crippen molar-refractivity contribution in [3.8, 4) is 0 Å². The molecule has 1 aromatic carbocycles. The molecule has 1 N–H and O–H groups in total. The van der Waals surface area contributed by atoms with E-state index in [0.29, 0.717) is 6.04 Å². The van der Waals surface area contributed by atoms with Crippen molar-refractivity contribution in [3.63, 3.8) is 0 Å². The topological polar surface area (TPSA) is 12.0 Å². The molecule has 1 rings (SSSR count). The molecule has 0 aliphatic heterocycles. The van der Waals surface area contributed by atoms with Crippen molar-refractivity contribution >= 4 is 11.6 Å². The zero-order chi connectivity index (χ0) is 15.5. The molecule has 1 aromatic rings. The molecule has 2 heteroatoms. The zero-order valence-corrected chi connectivity index (χ0v) is 14.8. The predicted molar refractivity (Wildman–Crippen MR) is 95.2 cm³/mol. The molecule has 0 heterocycles.